The molecule has 0 N–H and O–H groups in total. The maximum atomic E-state index is 8.74. The van der Waals surface area contributed by atoms with E-state index in [1.165, 1.54) is 0 Å². The summed E-state index contributed by atoms with van der Waals surface area (Å²) in [5, 5.41) is 0. The predicted molar refractivity (Wildman–Crippen MR) is 99.5 cm³/mol. The number of nitrogens with zero attached hydrogens (tertiary/aromatic N) is 4. The number of halogens is 4. The summed E-state index contributed by atoms with van der Waals surface area (Å²) in [7, 11) is 21.1. The molecule has 0 spiro atoms. The largest absolute Gasteiger partial charge is 0.361 e. The third-order valence-electron chi connectivity index (χ3n) is 2.97. The molecule has 0 radical (unpaired) electrons. The van der Waals surface area contributed by atoms with E-state index in [4.69, 9.17) is 53.8 Å². The average molecular weight is 416 g/mol. The lowest BCUT2D eigenvalue weighted by molar-refractivity contribution is -0.00586. The van der Waals surface area contributed by atoms with E-state index in [1.807, 2.05) is 0 Å². The van der Waals surface area contributed by atoms with Crippen molar-refractivity contribution >= 4 is 69.1 Å². The van der Waals surface area contributed by atoms with Crippen molar-refractivity contribution in [3.63, 3.8) is 0 Å². The van der Waals surface area contributed by atoms with Crippen LogP contribution in [0.4, 0.5) is 0 Å². The molecule has 0 bridgehead atoms. The van der Waals surface area contributed by atoms with Crippen LogP contribution in [0.15, 0.2) is 46.3 Å². The lowest BCUT2D eigenvalue weighted by Gasteiger charge is -2.42. The molecule has 2 aliphatic rings. The molecule has 0 aromatic rings. The Kier molecular flexibility index (Phi) is 5.70. The molecule has 0 unspecified atom stereocenters. The lowest BCUT2D eigenvalue weighted by Crippen LogP contribution is -2.04. The Morgan fingerprint density at radius 1 is 0.727 bits per heavy atom. The minimum atomic E-state index is -2.54. The fourth-order valence-electron chi connectivity index (χ4n) is 1.78. The van der Waals surface area contributed by atoms with Gasteiger partial charge in [0.05, 0.1) is 12.8 Å². The monoisotopic (exact) mass is 414 g/mol. The first kappa shape index (κ1) is 17.9. The van der Waals surface area contributed by atoms with Gasteiger partial charge in [-0.3, -0.25) is 0 Å². The van der Waals surface area contributed by atoms with Crippen LogP contribution in [-0.4, -0.2) is 21.0 Å². The predicted octanol–water partition coefficient (Wildman–Crippen LogP) is 6.16. The van der Waals surface area contributed by atoms with Crippen molar-refractivity contribution in [2.75, 3.05) is 0 Å². The van der Waals surface area contributed by atoms with Crippen LogP contribution in [0.5, 0.6) is 0 Å². The molecule has 22 heavy (non-hydrogen) atoms. The van der Waals surface area contributed by atoms with Gasteiger partial charge in [0.25, 0.3) is 11.4 Å². The van der Waals surface area contributed by atoms with Crippen molar-refractivity contribution in [1.29, 1.82) is 0 Å². The quantitative estimate of drug-likeness (QED) is 0.301. The molecule has 4 nitrogen and oxygen atoms in total. The molecule has 0 amide bonds. The van der Waals surface area contributed by atoms with Crippen LogP contribution in [0.25, 0.3) is 11.1 Å². The lowest BCUT2D eigenvalue weighted by atomic mass is 10.2. The average Bonchev–Trinajstić information content (AvgIpc) is 2.54. The Hall–Kier alpha value is -0.420. The molecular weight excluding hydrogens is 406 g/mol. The van der Waals surface area contributed by atoms with Crippen LogP contribution in [-0.2, 0) is 0 Å². The normalized spacial score (nSPS) is 20.0. The van der Waals surface area contributed by atoms with Gasteiger partial charge in [0.15, 0.2) is 0 Å². The van der Waals surface area contributed by atoms with Gasteiger partial charge in [-0.15, -0.1) is 0 Å². The van der Waals surface area contributed by atoms with Gasteiger partial charge in [-0.05, 0) is 54.9 Å². The van der Waals surface area contributed by atoms with Gasteiger partial charge in [0.2, 0.25) is 0 Å². The Morgan fingerprint density at radius 3 is 1.32 bits per heavy atom. The molecular formula is C12H10Cl4N4S2. The molecule has 0 atom stereocenters. The molecule has 10 heteroatoms. The van der Waals surface area contributed by atoms with E-state index in [-0.39, 0.29) is 0 Å². The molecule has 0 aromatic heterocycles. The van der Waals surface area contributed by atoms with Gasteiger partial charge in [0.1, 0.15) is 0 Å². The van der Waals surface area contributed by atoms with Gasteiger partial charge in [-0.25, -0.2) is 0 Å². The minimum Gasteiger partial charge on any atom is -0.361 e. The molecule has 0 aliphatic heterocycles. The third kappa shape index (κ3) is 3.40. The zero-order valence-corrected chi connectivity index (χ0v) is 15.7. The summed E-state index contributed by atoms with van der Waals surface area (Å²) in [4.78, 5) is 7.50. The highest BCUT2D eigenvalue weighted by Gasteiger charge is 2.44. The zero-order chi connectivity index (χ0) is 16.4. The van der Waals surface area contributed by atoms with Crippen molar-refractivity contribution in [3.8, 4) is 0 Å². The molecule has 0 saturated carbocycles. The van der Waals surface area contributed by atoms with Crippen LogP contribution in [0.1, 0.15) is 12.8 Å². The summed E-state index contributed by atoms with van der Waals surface area (Å²) >= 11 is 0. The Bertz CT molecular complexity index is 661. The highest BCUT2D eigenvalue weighted by atomic mass is 36.1. The minimum absolute atomic E-state index is 0.399. The number of allylic oxidation sites excluding steroid dienone is 6. The smallest absolute Gasteiger partial charge is 0.295 e. The maximum absolute atomic E-state index is 8.74. The maximum Gasteiger partial charge on any atom is 0.295 e. The van der Waals surface area contributed by atoms with Crippen LogP contribution in [0, 0.1) is 0 Å². The van der Waals surface area contributed by atoms with E-state index < -0.39 is 15.0 Å². The molecule has 0 saturated heterocycles. The molecule has 118 valence electrons. The molecule has 2 aliphatic carbocycles. The van der Waals surface area contributed by atoms with E-state index in [9.17, 15) is 0 Å². The zero-order valence-electron chi connectivity index (χ0n) is 11.0. The standard InChI is InChI=1S/C12H10Cl4N4S2/c13-21(14,11-5-1-9(19-17)2-6-11)22(15,16)12-7-3-10(20-18)4-8-12/h1,3,5-8H,2,4H2. The van der Waals surface area contributed by atoms with E-state index in [0.29, 0.717) is 34.1 Å². The second-order valence-corrected chi connectivity index (χ2v) is 18.6. The fraction of sp³-hybridized carbons (Fsp3) is 0.167. The summed E-state index contributed by atoms with van der Waals surface area (Å²) in [6, 6.07) is 0. The third-order valence-corrected chi connectivity index (χ3v) is 19.2. The van der Waals surface area contributed by atoms with Gasteiger partial charge in [-0.1, -0.05) is 12.2 Å². The second-order valence-electron chi connectivity index (χ2n) is 4.31. The van der Waals surface area contributed by atoms with E-state index in [1.54, 1.807) is 36.5 Å². The highest BCUT2D eigenvalue weighted by molar-refractivity contribution is 9.35. The van der Waals surface area contributed by atoms with Crippen LogP contribution in [0.2, 0.25) is 0 Å². The number of hydrogen-bond donors (Lipinski definition) is 0. The summed E-state index contributed by atoms with van der Waals surface area (Å²) in [6.45, 7) is 0. The SMILES string of the molecule is [N-]=[N+]=C1C=CC(S(Cl)(Cl)S(Cl)(Cl)C2=CCC(=[N+]=[N-])C=C2)=CC1. The van der Waals surface area contributed by atoms with Gasteiger partial charge in [-0.2, -0.15) is 9.58 Å². The topological polar surface area (TPSA) is 72.8 Å². The summed E-state index contributed by atoms with van der Waals surface area (Å²) in [5.41, 5.74) is 18.5. The number of rotatable bonds is 3. The molecule has 0 fully saturated rings. The first-order chi connectivity index (χ1) is 10.3. The molecule has 0 heterocycles. The number of hydrogen-bond acceptors (Lipinski definition) is 0. The van der Waals surface area contributed by atoms with Crippen molar-refractivity contribution in [2.24, 2.45) is 0 Å². The Labute approximate surface area is 148 Å². The van der Waals surface area contributed by atoms with E-state index >= 15 is 0 Å². The first-order valence-corrected chi connectivity index (χ1v) is 13.0. The first-order valence-electron chi connectivity index (χ1n) is 5.96. The van der Waals surface area contributed by atoms with Gasteiger partial charge in [0, 0.05) is 36.9 Å². The Morgan fingerprint density at radius 2 is 1.09 bits per heavy atom. The molecule has 0 aromatic carbocycles. The van der Waals surface area contributed by atoms with E-state index in [2.05, 4.69) is 9.58 Å². The Balaban J connectivity index is 2.33. The van der Waals surface area contributed by atoms with Gasteiger partial charge >= 0.3 is 0 Å². The van der Waals surface area contributed by atoms with Crippen molar-refractivity contribution in [1.82, 2.24) is 0 Å². The van der Waals surface area contributed by atoms with Crippen LogP contribution in [0.3, 0.4) is 0 Å². The summed E-state index contributed by atoms with van der Waals surface area (Å²) in [6.07, 6.45) is 10.9. The summed E-state index contributed by atoms with van der Waals surface area (Å²) < 4.78 is 0. The van der Waals surface area contributed by atoms with Crippen molar-refractivity contribution in [2.45, 2.75) is 12.8 Å². The summed E-state index contributed by atoms with van der Waals surface area (Å²) in [5.74, 6) is 0. The van der Waals surface area contributed by atoms with E-state index in [0.717, 1.165) is 0 Å². The van der Waals surface area contributed by atoms with Gasteiger partial charge < -0.3 is 11.1 Å². The van der Waals surface area contributed by atoms with Crippen molar-refractivity contribution < 1.29 is 9.58 Å². The van der Waals surface area contributed by atoms with Crippen LogP contribution >= 0.6 is 57.7 Å². The fourth-order valence-corrected chi connectivity index (χ4v) is 9.46. The van der Waals surface area contributed by atoms with Crippen molar-refractivity contribution in [3.05, 3.63) is 57.3 Å². The highest BCUT2D eigenvalue weighted by Crippen LogP contribution is 2.98. The van der Waals surface area contributed by atoms with Crippen LogP contribution < -0.4 is 0 Å². The second kappa shape index (κ2) is 7.00. The molecule has 2 rings (SSSR count).